The Morgan fingerprint density at radius 2 is 2.31 bits per heavy atom. The molecule has 4 heteroatoms. The average molecular weight is 181 g/mol. The standard InChI is InChI=1S/C9H15N3O/c1-4-9(2,13-3)8-11-6-5-7(10)12-8/h5-6H,4H2,1-3H3,(H2,10,11,12). The minimum Gasteiger partial charge on any atom is -0.384 e. The van der Waals surface area contributed by atoms with Gasteiger partial charge in [0.05, 0.1) is 0 Å². The Hall–Kier alpha value is -1.16. The summed E-state index contributed by atoms with van der Waals surface area (Å²) in [5, 5.41) is 0. The van der Waals surface area contributed by atoms with Crippen molar-refractivity contribution in [2.75, 3.05) is 12.8 Å². The molecule has 1 rings (SSSR count). The minimum atomic E-state index is -0.435. The lowest BCUT2D eigenvalue weighted by molar-refractivity contribution is -0.00886. The largest absolute Gasteiger partial charge is 0.384 e. The van der Waals surface area contributed by atoms with Crippen molar-refractivity contribution in [3.8, 4) is 0 Å². The van der Waals surface area contributed by atoms with Crippen molar-refractivity contribution in [3.05, 3.63) is 18.1 Å². The number of ether oxygens (including phenoxy) is 1. The van der Waals surface area contributed by atoms with Crippen molar-refractivity contribution >= 4 is 5.82 Å². The normalized spacial score (nSPS) is 15.3. The van der Waals surface area contributed by atoms with Crippen LogP contribution in [0.15, 0.2) is 12.3 Å². The number of rotatable bonds is 3. The Morgan fingerprint density at radius 3 is 2.77 bits per heavy atom. The molecule has 0 aromatic carbocycles. The molecule has 13 heavy (non-hydrogen) atoms. The smallest absolute Gasteiger partial charge is 0.162 e. The Balaban J connectivity index is 3.05. The van der Waals surface area contributed by atoms with Crippen molar-refractivity contribution in [1.29, 1.82) is 0 Å². The van der Waals surface area contributed by atoms with Crippen LogP contribution in [0.5, 0.6) is 0 Å². The van der Waals surface area contributed by atoms with E-state index in [1.165, 1.54) is 0 Å². The van der Waals surface area contributed by atoms with Gasteiger partial charge in [0, 0.05) is 13.3 Å². The van der Waals surface area contributed by atoms with Crippen LogP contribution < -0.4 is 5.73 Å². The summed E-state index contributed by atoms with van der Waals surface area (Å²) in [6.07, 6.45) is 2.46. The maximum Gasteiger partial charge on any atom is 0.162 e. The van der Waals surface area contributed by atoms with Gasteiger partial charge in [-0.05, 0) is 19.4 Å². The lowest BCUT2D eigenvalue weighted by Crippen LogP contribution is -2.26. The summed E-state index contributed by atoms with van der Waals surface area (Å²) in [6, 6.07) is 1.66. The Morgan fingerprint density at radius 1 is 1.62 bits per heavy atom. The molecular formula is C9H15N3O. The van der Waals surface area contributed by atoms with E-state index in [4.69, 9.17) is 10.5 Å². The van der Waals surface area contributed by atoms with Gasteiger partial charge in [0.25, 0.3) is 0 Å². The third kappa shape index (κ3) is 1.95. The van der Waals surface area contributed by atoms with Crippen LogP contribution in [0.25, 0.3) is 0 Å². The number of nitrogens with zero attached hydrogens (tertiary/aromatic N) is 2. The van der Waals surface area contributed by atoms with Crippen molar-refractivity contribution in [1.82, 2.24) is 9.97 Å². The molecule has 1 heterocycles. The summed E-state index contributed by atoms with van der Waals surface area (Å²) in [4.78, 5) is 8.27. The molecule has 1 aromatic heterocycles. The fourth-order valence-electron chi connectivity index (χ4n) is 1.02. The zero-order chi connectivity index (χ0) is 9.90. The molecule has 0 aliphatic carbocycles. The van der Waals surface area contributed by atoms with Crippen LogP contribution in [0.1, 0.15) is 26.1 Å². The van der Waals surface area contributed by atoms with Crippen molar-refractivity contribution < 1.29 is 4.74 Å². The highest BCUT2D eigenvalue weighted by molar-refractivity contribution is 5.26. The summed E-state index contributed by atoms with van der Waals surface area (Å²) in [5.41, 5.74) is 5.12. The fourth-order valence-corrected chi connectivity index (χ4v) is 1.02. The lowest BCUT2D eigenvalue weighted by Gasteiger charge is -2.24. The van der Waals surface area contributed by atoms with Gasteiger partial charge in [-0.2, -0.15) is 0 Å². The third-order valence-electron chi connectivity index (χ3n) is 2.28. The van der Waals surface area contributed by atoms with E-state index in [1.807, 2.05) is 13.8 Å². The molecular weight excluding hydrogens is 166 g/mol. The number of nitrogens with two attached hydrogens (primary N) is 1. The van der Waals surface area contributed by atoms with E-state index < -0.39 is 5.60 Å². The molecule has 0 amide bonds. The van der Waals surface area contributed by atoms with E-state index in [1.54, 1.807) is 19.4 Å². The van der Waals surface area contributed by atoms with E-state index in [0.29, 0.717) is 11.6 Å². The van der Waals surface area contributed by atoms with Gasteiger partial charge < -0.3 is 10.5 Å². The zero-order valence-electron chi connectivity index (χ0n) is 8.24. The van der Waals surface area contributed by atoms with E-state index in [9.17, 15) is 0 Å². The first-order valence-corrected chi connectivity index (χ1v) is 4.26. The maximum atomic E-state index is 5.56. The Labute approximate surface area is 78.1 Å². The summed E-state index contributed by atoms with van der Waals surface area (Å²) >= 11 is 0. The number of aromatic nitrogens is 2. The molecule has 0 saturated heterocycles. The van der Waals surface area contributed by atoms with Gasteiger partial charge in [-0.1, -0.05) is 6.92 Å². The first-order valence-electron chi connectivity index (χ1n) is 4.26. The van der Waals surface area contributed by atoms with Gasteiger partial charge in [0.1, 0.15) is 11.4 Å². The van der Waals surface area contributed by atoms with Gasteiger partial charge in [-0.15, -0.1) is 0 Å². The molecule has 0 saturated carbocycles. The van der Waals surface area contributed by atoms with Crippen LogP contribution in [-0.4, -0.2) is 17.1 Å². The molecule has 0 bridgehead atoms. The Bertz CT molecular complexity index is 284. The molecule has 4 nitrogen and oxygen atoms in total. The maximum absolute atomic E-state index is 5.56. The second-order valence-electron chi connectivity index (χ2n) is 3.09. The number of methoxy groups -OCH3 is 1. The summed E-state index contributed by atoms with van der Waals surface area (Å²) < 4.78 is 5.35. The second-order valence-corrected chi connectivity index (χ2v) is 3.09. The topological polar surface area (TPSA) is 61.0 Å². The van der Waals surface area contributed by atoms with Gasteiger partial charge >= 0.3 is 0 Å². The van der Waals surface area contributed by atoms with Gasteiger partial charge in [-0.3, -0.25) is 0 Å². The summed E-state index contributed by atoms with van der Waals surface area (Å²) in [6.45, 7) is 3.97. The lowest BCUT2D eigenvalue weighted by atomic mass is 10.0. The second kappa shape index (κ2) is 3.70. The predicted molar refractivity (Wildman–Crippen MR) is 51.1 cm³/mol. The number of nitrogen functional groups attached to an aromatic ring is 1. The van der Waals surface area contributed by atoms with Crippen LogP contribution >= 0.6 is 0 Å². The molecule has 0 fully saturated rings. The van der Waals surface area contributed by atoms with E-state index in [-0.39, 0.29) is 0 Å². The first-order chi connectivity index (χ1) is 6.12. The summed E-state index contributed by atoms with van der Waals surface area (Å²) in [7, 11) is 1.65. The monoisotopic (exact) mass is 181 g/mol. The molecule has 0 radical (unpaired) electrons. The third-order valence-corrected chi connectivity index (χ3v) is 2.28. The predicted octanol–water partition coefficient (Wildman–Crippen LogP) is 1.33. The van der Waals surface area contributed by atoms with Crippen molar-refractivity contribution in [3.63, 3.8) is 0 Å². The van der Waals surface area contributed by atoms with Crippen LogP contribution in [0.2, 0.25) is 0 Å². The first kappa shape index (κ1) is 9.92. The number of hydrogen-bond acceptors (Lipinski definition) is 4. The van der Waals surface area contributed by atoms with Gasteiger partial charge in [0.15, 0.2) is 5.82 Å². The zero-order valence-corrected chi connectivity index (χ0v) is 8.24. The average Bonchev–Trinajstić information content (AvgIpc) is 2.17. The van der Waals surface area contributed by atoms with Crippen LogP contribution in [0.4, 0.5) is 5.82 Å². The molecule has 0 aliphatic rings. The van der Waals surface area contributed by atoms with Crippen molar-refractivity contribution in [2.24, 2.45) is 0 Å². The molecule has 1 unspecified atom stereocenters. The highest BCUT2D eigenvalue weighted by atomic mass is 16.5. The van der Waals surface area contributed by atoms with Gasteiger partial charge in [-0.25, -0.2) is 9.97 Å². The highest BCUT2D eigenvalue weighted by Gasteiger charge is 2.27. The molecule has 72 valence electrons. The molecule has 0 spiro atoms. The van der Waals surface area contributed by atoms with Crippen LogP contribution in [-0.2, 0) is 10.3 Å². The molecule has 2 N–H and O–H groups in total. The number of anilines is 1. The van der Waals surface area contributed by atoms with Crippen molar-refractivity contribution in [2.45, 2.75) is 25.9 Å². The van der Waals surface area contributed by atoms with E-state index >= 15 is 0 Å². The Kier molecular flexibility index (Phi) is 2.83. The number of hydrogen-bond donors (Lipinski definition) is 1. The van der Waals surface area contributed by atoms with Crippen LogP contribution in [0, 0.1) is 0 Å². The quantitative estimate of drug-likeness (QED) is 0.764. The van der Waals surface area contributed by atoms with Gasteiger partial charge in [0.2, 0.25) is 0 Å². The van der Waals surface area contributed by atoms with E-state index in [0.717, 1.165) is 6.42 Å². The molecule has 0 aliphatic heterocycles. The van der Waals surface area contributed by atoms with Crippen LogP contribution in [0.3, 0.4) is 0 Å². The van der Waals surface area contributed by atoms with E-state index in [2.05, 4.69) is 9.97 Å². The summed E-state index contributed by atoms with van der Waals surface area (Å²) in [5.74, 6) is 1.11. The SMILES string of the molecule is CCC(C)(OC)c1nccc(N)n1. The molecule has 1 atom stereocenters. The fraction of sp³-hybridized carbons (Fsp3) is 0.556. The minimum absolute atomic E-state index is 0.435. The molecule has 1 aromatic rings. The highest BCUT2D eigenvalue weighted by Crippen LogP contribution is 2.24.